The van der Waals surface area contributed by atoms with Crippen molar-refractivity contribution in [3.8, 4) is 5.75 Å². The van der Waals surface area contributed by atoms with Crippen LogP contribution in [0.2, 0.25) is 0 Å². The Hall–Kier alpha value is -2.65. The minimum atomic E-state index is -4.72. The number of hydrogen-bond donors (Lipinski definition) is 2. The van der Waals surface area contributed by atoms with Crippen molar-refractivity contribution in [2.45, 2.75) is 31.2 Å². The molecule has 0 aromatic heterocycles. The van der Waals surface area contributed by atoms with Gasteiger partial charge in [-0.25, -0.2) is 4.39 Å². The molecule has 0 unspecified atom stereocenters. The summed E-state index contributed by atoms with van der Waals surface area (Å²) < 4.78 is 59.2. The van der Waals surface area contributed by atoms with E-state index in [0.717, 1.165) is 11.1 Å². The van der Waals surface area contributed by atoms with Gasteiger partial charge in [-0.1, -0.05) is 24.3 Å². The van der Waals surface area contributed by atoms with Crippen LogP contribution < -0.4 is 15.4 Å². The van der Waals surface area contributed by atoms with Gasteiger partial charge in [-0.3, -0.25) is 10.1 Å². The van der Waals surface area contributed by atoms with E-state index in [1.807, 2.05) is 0 Å². The third kappa shape index (κ3) is 6.93. The highest BCUT2D eigenvalue weighted by Gasteiger charge is 2.34. The lowest BCUT2D eigenvalue weighted by Gasteiger charge is -2.38. The summed E-state index contributed by atoms with van der Waals surface area (Å²) in [5, 5.41) is 6.11. The third-order valence-electron chi connectivity index (χ3n) is 5.22. The predicted octanol–water partition coefficient (Wildman–Crippen LogP) is 3.68. The molecule has 9 heteroatoms. The number of carbonyl (C=O) groups excluding carboxylic acids is 1. The maximum atomic E-state index is 13.3. The fraction of sp³-hybridized carbons (Fsp3) is 0.409. The largest absolute Gasteiger partial charge is 0.573 e. The maximum Gasteiger partial charge on any atom is 0.573 e. The molecule has 1 saturated heterocycles. The molecule has 0 atom stereocenters. The Balaban J connectivity index is 1.48. The Morgan fingerprint density at radius 3 is 2.29 bits per heavy atom. The molecule has 2 aromatic carbocycles. The van der Waals surface area contributed by atoms with Crippen LogP contribution >= 0.6 is 0 Å². The standard InChI is InChI=1S/C22H24F4N2O3/c23-18-5-3-17(4-6-18)21(10-13-30-14-11-21)28-15-20(29)27-12-9-16-1-7-19(8-2-16)31-22(24,25)26/h1-8,28H,9-15H2,(H,27,29). The van der Waals surface area contributed by atoms with Gasteiger partial charge in [-0.05, 0) is 54.7 Å². The van der Waals surface area contributed by atoms with Crippen LogP contribution in [0, 0.1) is 5.82 Å². The van der Waals surface area contributed by atoms with Gasteiger partial charge in [0, 0.05) is 25.3 Å². The Bertz CT molecular complexity index is 849. The fourth-order valence-corrected chi connectivity index (χ4v) is 3.57. The molecule has 0 radical (unpaired) electrons. The number of nitrogens with one attached hydrogen (secondary N) is 2. The summed E-state index contributed by atoms with van der Waals surface area (Å²) in [4.78, 5) is 12.3. The predicted molar refractivity (Wildman–Crippen MR) is 106 cm³/mol. The van der Waals surface area contributed by atoms with E-state index < -0.39 is 11.9 Å². The van der Waals surface area contributed by atoms with Crippen LogP contribution in [0.4, 0.5) is 17.6 Å². The summed E-state index contributed by atoms with van der Waals surface area (Å²) in [5.41, 5.74) is 1.22. The minimum absolute atomic E-state index is 0.0791. The van der Waals surface area contributed by atoms with Crippen molar-refractivity contribution in [2.75, 3.05) is 26.3 Å². The number of alkyl halides is 3. The Morgan fingerprint density at radius 1 is 1.03 bits per heavy atom. The average molecular weight is 440 g/mol. The first-order valence-electron chi connectivity index (χ1n) is 9.96. The third-order valence-corrected chi connectivity index (χ3v) is 5.22. The number of halogens is 4. The second-order valence-electron chi connectivity index (χ2n) is 7.35. The van der Waals surface area contributed by atoms with Gasteiger partial charge in [0.25, 0.3) is 0 Å². The van der Waals surface area contributed by atoms with Gasteiger partial charge in [-0.15, -0.1) is 13.2 Å². The Labute approximate surface area is 177 Å². The van der Waals surface area contributed by atoms with Crippen LogP contribution in [-0.2, 0) is 21.5 Å². The van der Waals surface area contributed by atoms with Crippen molar-refractivity contribution in [2.24, 2.45) is 0 Å². The molecular weight excluding hydrogens is 416 g/mol. The second-order valence-corrected chi connectivity index (χ2v) is 7.35. The van der Waals surface area contributed by atoms with Gasteiger partial charge < -0.3 is 14.8 Å². The number of amides is 1. The quantitative estimate of drug-likeness (QED) is 0.615. The molecule has 2 aromatic rings. The number of carbonyl (C=O) groups is 1. The van der Waals surface area contributed by atoms with E-state index in [4.69, 9.17) is 4.74 Å². The number of hydrogen-bond acceptors (Lipinski definition) is 4. The lowest BCUT2D eigenvalue weighted by atomic mass is 9.82. The molecule has 1 aliphatic heterocycles. The van der Waals surface area contributed by atoms with Gasteiger partial charge in [-0.2, -0.15) is 0 Å². The number of ether oxygens (including phenoxy) is 2. The molecule has 5 nitrogen and oxygen atoms in total. The van der Waals surface area contributed by atoms with E-state index >= 15 is 0 Å². The Morgan fingerprint density at radius 2 is 1.68 bits per heavy atom. The molecule has 2 N–H and O–H groups in total. The van der Waals surface area contributed by atoms with E-state index in [9.17, 15) is 22.4 Å². The topological polar surface area (TPSA) is 59.6 Å². The molecule has 31 heavy (non-hydrogen) atoms. The zero-order valence-corrected chi connectivity index (χ0v) is 16.8. The summed E-state index contributed by atoms with van der Waals surface area (Å²) in [6.07, 6.45) is -2.93. The molecule has 1 amide bonds. The first-order valence-corrected chi connectivity index (χ1v) is 9.96. The van der Waals surface area contributed by atoms with Crippen molar-refractivity contribution in [1.82, 2.24) is 10.6 Å². The molecule has 1 heterocycles. The summed E-state index contributed by atoms with van der Waals surface area (Å²) >= 11 is 0. The van der Waals surface area contributed by atoms with Crippen molar-refractivity contribution < 1.29 is 31.8 Å². The molecule has 0 spiro atoms. The molecule has 0 bridgehead atoms. The molecule has 1 aliphatic rings. The monoisotopic (exact) mass is 440 g/mol. The SMILES string of the molecule is O=C(CNC1(c2ccc(F)cc2)CCOCC1)NCCc1ccc(OC(F)(F)F)cc1. The maximum absolute atomic E-state index is 13.3. The van der Waals surface area contributed by atoms with Crippen molar-refractivity contribution in [1.29, 1.82) is 0 Å². The molecule has 3 rings (SSSR count). The zero-order valence-electron chi connectivity index (χ0n) is 16.8. The van der Waals surface area contributed by atoms with Gasteiger partial charge >= 0.3 is 6.36 Å². The van der Waals surface area contributed by atoms with Crippen molar-refractivity contribution >= 4 is 5.91 Å². The molecule has 168 valence electrons. The Kier molecular flexibility index (Phi) is 7.50. The molecule has 0 aliphatic carbocycles. The average Bonchev–Trinajstić information content (AvgIpc) is 2.74. The van der Waals surface area contributed by atoms with Crippen molar-refractivity contribution in [3.63, 3.8) is 0 Å². The van der Waals surface area contributed by atoms with E-state index in [1.165, 1.54) is 36.4 Å². The summed E-state index contributed by atoms with van der Waals surface area (Å²) in [7, 11) is 0. The highest BCUT2D eigenvalue weighted by molar-refractivity contribution is 5.78. The van der Waals surface area contributed by atoms with E-state index in [1.54, 1.807) is 12.1 Å². The number of rotatable bonds is 8. The van der Waals surface area contributed by atoms with Gasteiger partial charge in [0.05, 0.1) is 6.54 Å². The lowest BCUT2D eigenvalue weighted by Crippen LogP contribution is -2.50. The summed E-state index contributed by atoms with van der Waals surface area (Å²) in [6.45, 7) is 1.50. The van der Waals surface area contributed by atoms with Crippen LogP contribution in [0.3, 0.4) is 0 Å². The van der Waals surface area contributed by atoms with Gasteiger partial charge in [0.1, 0.15) is 11.6 Å². The molecule has 0 saturated carbocycles. The minimum Gasteiger partial charge on any atom is -0.406 e. The molecular formula is C22H24F4N2O3. The first kappa shape index (κ1) is 23.0. The van der Waals surface area contributed by atoms with Gasteiger partial charge in [0.2, 0.25) is 5.91 Å². The van der Waals surface area contributed by atoms with Crippen LogP contribution in [0.5, 0.6) is 5.75 Å². The van der Waals surface area contributed by atoms with Crippen LogP contribution in [0.25, 0.3) is 0 Å². The smallest absolute Gasteiger partial charge is 0.406 e. The molecule has 1 fully saturated rings. The normalized spacial score (nSPS) is 16.0. The lowest BCUT2D eigenvalue weighted by molar-refractivity contribution is -0.274. The fourth-order valence-electron chi connectivity index (χ4n) is 3.57. The van der Waals surface area contributed by atoms with E-state index in [2.05, 4.69) is 15.4 Å². The van der Waals surface area contributed by atoms with Crippen LogP contribution in [0.15, 0.2) is 48.5 Å². The highest BCUT2D eigenvalue weighted by atomic mass is 19.4. The highest BCUT2D eigenvalue weighted by Crippen LogP contribution is 2.32. The van der Waals surface area contributed by atoms with Gasteiger partial charge in [0.15, 0.2) is 0 Å². The summed E-state index contributed by atoms with van der Waals surface area (Å²) in [6, 6.07) is 11.8. The van der Waals surface area contributed by atoms with E-state index in [-0.39, 0.29) is 24.0 Å². The van der Waals surface area contributed by atoms with E-state index in [0.29, 0.717) is 39.0 Å². The van der Waals surface area contributed by atoms with Crippen LogP contribution in [-0.4, -0.2) is 38.6 Å². The summed E-state index contributed by atoms with van der Waals surface area (Å²) in [5.74, 6) is -0.807. The van der Waals surface area contributed by atoms with Crippen molar-refractivity contribution in [3.05, 3.63) is 65.5 Å². The second kappa shape index (κ2) is 10.1. The van der Waals surface area contributed by atoms with Crippen LogP contribution in [0.1, 0.15) is 24.0 Å². The number of benzene rings is 2. The first-order chi connectivity index (χ1) is 14.8. The zero-order chi connectivity index (χ0) is 22.3.